The minimum absolute atomic E-state index is 0.0542. The third-order valence-corrected chi connectivity index (χ3v) is 11.1. The van der Waals surface area contributed by atoms with E-state index in [4.69, 9.17) is 9.73 Å². The molecule has 4 fully saturated rings. The Labute approximate surface area is 213 Å². The molecule has 1 aromatic rings. The average Bonchev–Trinajstić information content (AvgIpc) is 3.40. The van der Waals surface area contributed by atoms with Gasteiger partial charge in [-0.1, -0.05) is 37.3 Å². The van der Waals surface area contributed by atoms with Crippen LogP contribution in [-0.2, 0) is 16.1 Å². The second-order valence-electron chi connectivity index (χ2n) is 12.5. The second-order valence-corrected chi connectivity index (χ2v) is 12.5. The molecule has 3 N–H and O–H groups in total. The zero-order chi connectivity index (χ0) is 25.2. The number of cyclic esters (lactones) is 1. The Bertz CT molecular complexity index is 1090. The van der Waals surface area contributed by atoms with Crippen molar-refractivity contribution in [3.63, 3.8) is 0 Å². The maximum Gasteiger partial charge on any atom is 0.331 e. The molecule has 4 aliphatic carbocycles. The summed E-state index contributed by atoms with van der Waals surface area (Å²) in [6, 6.07) is 10.2. The Balaban J connectivity index is 1.35. The molecule has 0 unspecified atom stereocenters. The zero-order valence-corrected chi connectivity index (χ0v) is 21.2. The highest BCUT2D eigenvalue weighted by molar-refractivity contribution is 5.85. The molecule has 4 saturated carbocycles. The van der Waals surface area contributed by atoms with Gasteiger partial charge in [0, 0.05) is 29.5 Å². The Kier molecular flexibility index (Phi) is 5.75. The largest absolute Gasteiger partial charge is 0.458 e. The van der Waals surface area contributed by atoms with E-state index in [-0.39, 0.29) is 29.1 Å². The smallest absolute Gasteiger partial charge is 0.331 e. The molecule has 8 atom stereocenters. The van der Waals surface area contributed by atoms with Crippen LogP contribution >= 0.6 is 0 Å². The summed E-state index contributed by atoms with van der Waals surface area (Å²) in [6.07, 6.45) is 9.51. The van der Waals surface area contributed by atoms with Crippen molar-refractivity contribution in [2.75, 3.05) is 6.61 Å². The maximum atomic E-state index is 12.5. The van der Waals surface area contributed by atoms with Gasteiger partial charge in [-0.3, -0.25) is 4.99 Å². The highest BCUT2D eigenvalue weighted by Crippen LogP contribution is 2.70. The number of aliphatic imine (C=N–C) groups is 1. The van der Waals surface area contributed by atoms with Gasteiger partial charge in [0.2, 0.25) is 0 Å². The minimum atomic E-state index is -1.01. The van der Waals surface area contributed by atoms with Crippen LogP contribution in [0.4, 0.5) is 0 Å². The summed E-state index contributed by atoms with van der Waals surface area (Å²) in [5, 5.41) is 35.1. The van der Waals surface area contributed by atoms with Gasteiger partial charge in [0.05, 0.1) is 23.9 Å². The zero-order valence-electron chi connectivity index (χ0n) is 21.2. The molecule has 0 amide bonds. The van der Waals surface area contributed by atoms with Gasteiger partial charge in [-0.05, 0) is 80.3 Å². The summed E-state index contributed by atoms with van der Waals surface area (Å²) in [6.45, 7) is 3.12. The third-order valence-electron chi connectivity index (χ3n) is 11.1. The number of hydrogen-bond acceptors (Lipinski definition) is 6. The monoisotopic (exact) mass is 493 g/mol. The van der Waals surface area contributed by atoms with Crippen LogP contribution in [0.5, 0.6) is 0 Å². The van der Waals surface area contributed by atoms with E-state index in [1.165, 1.54) is 0 Å². The summed E-state index contributed by atoms with van der Waals surface area (Å²) in [4.78, 5) is 16.7. The lowest BCUT2D eigenvalue weighted by atomic mass is 9.41. The highest BCUT2D eigenvalue weighted by Gasteiger charge is 2.71. The summed E-state index contributed by atoms with van der Waals surface area (Å²) in [7, 11) is 0. The number of nitrogens with zero attached hydrogens (tertiary/aromatic N) is 1. The normalized spacial score (nSPS) is 46.1. The molecule has 0 bridgehead atoms. The van der Waals surface area contributed by atoms with Crippen LogP contribution in [0, 0.1) is 28.6 Å². The molecule has 194 valence electrons. The molecule has 6 nitrogen and oxygen atoms in total. The number of carbonyl (C=O) groups is 1. The number of benzene rings is 1. The molecular weight excluding hydrogens is 454 g/mol. The molecule has 1 aromatic carbocycles. The fourth-order valence-electron chi connectivity index (χ4n) is 9.26. The van der Waals surface area contributed by atoms with Crippen LogP contribution in [0.15, 0.2) is 47.0 Å². The first-order valence-electron chi connectivity index (χ1n) is 13.8. The predicted molar refractivity (Wildman–Crippen MR) is 136 cm³/mol. The first-order valence-corrected chi connectivity index (χ1v) is 13.8. The van der Waals surface area contributed by atoms with Gasteiger partial charge in [-0.2, -0.15) is 0 Å². The first-order chi connectivity index (χ1) is 17.2. The van der Waals surface area contributed by atoms with E-state index >= 15 is 0 Å². The quantitative estimate of drug-likeness (QED) is 0.435. The number of ether oxygens (including phenoxy) is 1. The van der Waals surface area contributed by atoms with Gasteiger partial charge in [-0.15, -0.1) is 0 Å². The molecule has 5 aliphatic rings. The fraction of sp³-hybridized carbons (Fsp3) is 0.667. The number of rotatable bonds is 4. The van der Waals surface area contributed by atoms with Crippen LogP contribution in [0.2, 0.25) is 0 Å². The van der Waals surface area contributed by atoms with Gasteiger partial charge in [0.25, 0.3) is 0 Å². The summed E-state index contributed by atoms with van der Waals surface area (Å²) < 4.78 is 5.25. The van der Waals surface area contributed by atoms with Gasteiger partial charge in [0.1, 0.15) is 6.61 Å². The van der Waals surface area contributed by atoms with Crippen molar-refractivity contribution in [2.45, 2.75) is 88.6 Å². The van der Waals surface area contributed by atoms with Crippen LogP contribution in [0.1, 0.15) is 70.3 Å². The number of carbonyl (C=O) groups excluding carboxylic acids is 1. The lowest BCUT2D eigenvalue weighted by Crippen LogP contribution is -2.68. The van der Waals surface area contributed by atoms with E-state index in [0.29, 0.717) is 45.3 Å². The topological polar surface area (TPSA) is 99.4 Å². The van der Waals surface area contributed by atoms with E-state index < -0.39 is 22.7 Å². The average molecular weight is 494 g/mol. The van der Waals surface area contributed by atoms with Crippen molar-refractivity contribution >= 4 is 12.2 Å². The molecule has 36 heavy (non-hydrogen) atoms. The highest BCUT2D eigenvalue weighted by atomic mass is 16.5. The molecule has 6 rings (SSSR count). The fourth-order valence-corrected chi connectivity index (χ4v) is 9.26. The van der Waals surface area contributed by atoms with Gasteiger partial charge in [-0.25, -0.2) is 4.79 Å². The lowest BCUT2D eigenvalue weighted by molar-refractivity contribution is -0.237. The van der Waals surface area contributed by atoms with Gasteiger partial charge in [0.15, 0.2) is 0 Å². The van der Waals surface area contributed by atoms with Crippen molar-refractivity contribution in [3.05, 3.63) is 47.5 Å². The Morgan fingerprint density at radius 2 is 1.81 bits per heavy atom. The Hall–Kier alpha value is -2.02. The van der Waals surface area contributed by atoms with Crippen molar-refractivity contribution in [2.24, 2.45) is 33.6 Å². The molecular formula is C30H39NO5. The van der Waals surface area contributed by atoms with E-state index in [1.807, 2.05) is 24.4 Å². The lowest BCUT2D eigenvalue weighted by Gasteiger charge is -2.65. The summed E-state index contributed by atoms with van der Waals surface area (Å²) >= 11 is 0. The SMILES string of the molecule is C[C@]12CC[C@@H]3[C@@H](CC[C@@]4(O)C[C@@H](O)CC[C@]34C=NCc3ccccc3)[C@@]1(O)CC[C@@H]2C1=CC(=O)OC1. The van der Waals surface area contributed by atoms with Gasteiger partial charge >= 0.3 is 5.97 Å². The molecule has 0 radical (unpaired) electrons. The first kappa shape index (κ1) is 24.3. The number of aliphatic hydroxyl groups excluding tert-OH is 1. The van der Waals surface area contributed by atoms with Crippen molar-refractivity contribution < 1.29 is 24.9 Å². The molecule has 0 aromatic heterocycles. The number of aliphatic hydroxyl groups is 3. The van der Waals surface area contributed by atoms with Crippen molar-refractivity contribution in [3.8, 4) is 0 Å². The second kappa shape index (κ2) is 8.50. The third kappa shape index (κ3) is 3.40. The van der Waals surface area contributed by atoms with E-state index in [2.05, 4.69) is 19.1 Å². The molecule has 1 heterocycles. The summed E-state index contributed by atoms with van der Waals surface area (Å²) in [5.41, 5.74) is -0.575. The van der Waals surface area contributed by atoms with Crippen LogP contribution < -0.4 is 0 Å². The Morgan fingerprint density at radius 1 is 1.03 bits per heavy atom. The molecule has 1 aliphatic heterocycles. The van der Waals surface area contributed by atoms with Gasteiger partial charge < -0.3 is 20.1 Å². The summed E-state index contributed by atoms with van der Waals surface area (Å²) in [5.74, 6) is 0.0375. The standard InChI is InChI=1S/C30H39NO5/c1-27-11-8-24-25(30(27,35)14-10-23(27)21-15-26(33)36-18-21)9-13-29(34)16-22(32)7-12-28(24,29)19-31-17-20-5-3-2-4-6-20/h2-6,15,19,22-25,32,34-35H,7-14,16-18H2,1H3/t22-,23+,24+,25+,27+,28-,29+,30-/m0/s1. The molecule has 0 saturated heterocycles. The van der Waals surface area contributed by atoms with Crippen LogP contribution in [0.25, 0.3) is 0 Å². The molecule has 6 heteroatoms. The maximum absolute atomic E-state index is 12.5. The predicted octanol–water partition coefficient (Wildman–Crippen LogP) is 3.97. The van der Waals surface area contributed by atoms with Crippen molar-refractivity contribution in [1.29, 1.82) is 0 Å². The Morgan fingerprint density at radius 3 is 2.56 bits per heavy atom. The van der Waals surface area contributed by atoms with E-state index in [0.717, 1.165) is 36.8 Å². The minimum Gasteiger partial charge on any atom is -0.458 e. The van der Waals surface area contributed by atoms with Crippen LogP contribution in [0.3, 0.4) is 0 Å². The number of fused-ring (bicyclic) bond motifs is 5. The van der Waals surface area contributed by atoms with Crippen LogP contribution in [-0.4, -0.2) is 51.4 Å². The van der Waals surface area contributed by atoms with E-state index in [9.17, 15) is 20.1 Å². The van der Waals surface area contributed by atoms with Crippen molar-refractivity contribution in [1.82, 2.24) is 0 Å². The number of hydrogen-bond donors (Lipinski definition) is 3. The number of esters is 1. The molecule has 0 spiro atoms. The van der Waals surface area contributed by atoms with E-state index in [1.54, 1.807) is 6.08 Å².